The zero-order valence-electron chi connectivity index (χ0n) is 36.2. The Kier molecular flexibility index (Phi) is 15.8. The van der Waals surface area contributed by atoms with E-state index in [1.54, 1.807) is 0 Å². The van der Waals surface area contributed by atoms with Crippen molar-refractivity contribution in [2.75, 3.05) is 13.2 Å². The molecular formula is C54H56O11. The maximum atomic E-state index is 11.8. The van der Waals surface area contributed by atoms with Crippen LogP contribution in [-0.4, -0.2) is 79.7 Å². The second-order valence-corrected chi connectivity index (χ2v) is 16.4. The van der Waals surface area contributed by atoms with Crippen molar-refractivity contribution >= 4 is 0 Å². The van der Waals surface area contributed by atoms with Crippen LogP contribution in [0.25, 0.3) is 0 Å². The van der Waals surface area contributed by atoms with E-state index in [1.807, 2.05) is 182 Å². The van der Waals surface area contributed by atoms with Gasteiger partial charge >= 0.3 is 0 Å². The summed E-state index contributed by atoms with van der Waals surface area (Å²) < 4.78 is 67.4. The van der Waals surface area contributed by atoms with Crippen molar-refractivity contribution in [3.05, 3.63) is 215 Å². The molecule has 0 aromatic heterocycles. The van der Waals surface area contributed by atoms with Crippen LogP contribution in [0.2, 0.25) is 0 Å². The molecule has 0 saturated carbocycles. The predicted molar refractivity (Wildman–Crippen MR) is 241 cm³/mol. The largest absolute Gasteiger partial charge is 0.374 e. The SMILES string of the molecule is OC1O[C@@H]2CO[C@H](c3ccccc3)O[C@@H]2[C@H](O[C@@H]2O[C@H](COCc3ccccc3)[C@H](OCc3ccccc3)[C@H](OCc3ccccc3)[C@H]2OCc2ccccc2)[C@H]1OCc1ccccc1. The quantitative estimate of drug-likeness (QED) is 0.0846. The Morgan fingerprint density at radius 3 is 1.37 bits per heavy atom. The van der Waals surface area contributed by atoms with Crippen molar-refractivity contribution < 1.29 is 52.5 Å². The minimum absolute atomic E-state index is 0.139. The fraction of sp³-hybridized carbons (Fsp3) is 0.333. The molecule has 9 rings (SSSR count). The first kappa shape index (κ1) is 45.1. The van der Waals surface area contributed by atoms with Crippen molar-refractivity contribution in [1.82, 2.24) is 0 Å². The van der Waals surface area contributed by atoms with Crippen LogP contribution in [0.4, 0.5) is 0 Å². The zero-order valence-corrected chi connectivity index (χ0v) is 36.2. The maximum absolute atomic E-state index is 11.8. The third-order valence-corrected chi connectivity index (χ3v) is 11.8. The van der Waals surface area contributed by atoms with Gasteiger partial charge in [-0.05, 0) is 27.8 Å². The van der Waals surface area contributed by atoms with Crippen molar-refractivity contribution in [3.8, 4) is 0 Å². The van der Waals surface area contributed by atoms with Gasteiger partial charge in [0.15, 0.2) is 18.9 Å². The number of aliphatic hydroxyl groups is 1. The lowest BCUT2D eigenvalue weighted by molar-refractivity contribution is -0.398. The molecule has 0 amide bonds. The summed E-state index contributed by atoms with van der Waals surface area (Å²) >= 11 is 0. The van der Waals surface area contributed by atoms with Gasteiger partial charge in [0.05, 0.1) is 46.2 Å². The molecule has 65 heavy (non-hydrogen) atoms. The van der Waals surface area contributed by atoms with Crippen molar-refractivity contribution in [2.45, 2.75) is 101 Å². The third kappa shape index (κ3) is 12.0. The van der Waals surface area contributed by atoms with Crippen LogP contribution in [0.15, 0.2) is 182 Å². The van der Waals surface area contributed by atoms with Gasteiger partial charge in [-0.25, -0.2) is 0 Å². The van der Waals surface area contributed by atoms with Crippen LogP contribution in [-0.2, 0) is 80.4 Å². The van der Waals surface area contributed by atoms with E-state index in [2.05, 4.69) is 0 Å². The Morgan fingerprint density at radius 2 is 0.862 bits per heavy atom. The molecular weight excluding hydrogens is 825 g/mol. The zero-order chi connectivity index (χ0) is 44.0. The van der Waals surface area contributed by atoms with Gasteiger partial charge in [0.1, 0.15) is 48.8 Å². The van der Waals surface area contributed by atoms with Crippen LogP contribution >= 0.6 is 0 Å². The summed E-state index contributed by atoms with van der Waals surface area (Å²) in [5, 5.41) is 11.8. The van der Waals surface area contributed by atoms with E-state index >= 15 is 0 Å². The van der Waals surface area contributed by atoms with Gasteiger partial charge in [-0.15, -0.1) is 0 Å². The minimum atomic E-state index is -1.39. The summed E-state index contributed by atoms with van der Waals surface area (Å²) in [6.45, 7) is 1.57. The fourth-order valence-electron chi connectivity index (χ4n) is 8.45. The molecule has 0 spiro atoms. The monoisotopic (exact) mass is 880 g/mol. The molecule has 6 aromatic carbocycles. The molecule has 3 fully saturated rings. The van der Waals surface area contributed by atoms with E-state index < -0.39 is 67.7 Å². The first-order valence-electron chi connectivity index (χ1n) is 22.3. The summed E-state index contributed by atoms with van der Waals surface area (Å²) in [5.74, 6) is 0. The number of benzene rings is 6. The molecule has 11 nitrogen and oxygen atoms in total. The summed E-state index contributed by atoms with van der Waals surface area (Å²) in [6, 6.07) is 59.4. The third-order valence-electron chi connectivity index (χ3n) is 11.8. The first-order valence-corrected chi connectivity index (χ1v) is 22.3. The maximum Gasteiger partial charge on any atom is 0.187 e. The number of fused-ring (bicyclic) bond motifs is 1. The van der Waals surface area contributed by atoms with Crippen LogP contribution in [0.3, 0.4) is 0 Å². The molecule has 0 bridgehead atoms. The standard InChI is InChI=1S/C54H56O11/c55-52-50(59-34-41-25-13-4-14-26-41)49(47-45(62-52)37-61-53(64-47)43-29-17-6-18-30-43)65-54-51(60-35-42-27-15-5-16-28-42)48(58-33-40-23-11-3-12-24-40)46(57-32-39-21-9-2-10-22-39)44(63-54)36-56-31-38-19-7-1-8-20-38/h1-30,44-55H,31-37H2/t44-,45-,46+,47+,48+,49+,50-,51-,52?,53+,54+/m1/s1. The van der Waals surface area contributed by atoms with Gasteiger partial charge in [-0.3, -0.25) is 0 Å². The highest BCUT2D eigenvalue weighted by atomic mass is 16.8. The van der Waals surface area contributed by atoms with Gasteiger partial charge < -0.3 is 52.5 Å². The van der Waals surface area contributed by atoms with E-state index in [0.717, 1.165) is 33.4 Å². The summed E-state index contributed by atoms with van der Waals surface area (Å²) in [5.41, 5.74) is 5.68. The Hall–Kier alpha value is -5.12. The van der Waals surface area contributed by atoms with Gasteiger partial charge in [-0.1, -0.05) is 182 Å². The van der Waals surface area contributed by atoms with Crippen LogP contribution < -0.4 is 0 Å². The van der Waals surface area contributed by atoms with Gasteiger partial charge in [-0.2, -0.15) is 0 Å². The Balaban J connectivity index is 1.09. The molecule has 11 heteroatoms. The molecule has 1 unspecified atom stereocenters. The number of ether oxygens (including phenoxy) is 10. The molecule has 11 atom stereocenters. The molecule has 338 valence electrons. The average molecular weight is 881 g/mol. The van der Waals surface area contributed by atoms with Crippen molar-refractivity contribution in [3.63, 3.8) is 0 Å². The molecule has 3 saturated heterocycles. The van der Waals surface area contributed by atoms with Gasteiger partial charge in [0, 0.05) is 5.56 Å². The van der Waals surface area contributed by atoms with E-state index in [0.29, 0.717) is 6.61 Å². The molecule has 1 N–H and O–H groups in total. The number of rotatable bonds is 19. The number of aliphatic hydroxyl groups excluding tert-OH is 1. The molecule has 3 heterocycles. The van der Waals surface area contributed by atoms with Gasteiger partial charge in [0.25, 0.3) is 0 Å². The Bertz CT molecular complexity index is 2260. The van der Waals surface area contributed by atoms with E-state index in [-0.39, 0.29) is 39.6 Å². The minimum Gasteiger partial charge on any atom is -0.374 e. The van der Waals surface area contributed by atoms with Crippen molar-refractivity contribution in [1.29, 1.82) is 0 Å². The van der Waals surface area contributed by atoms with E-state index in [1.165, 1.54) is 0 Å². The smallest absolute Gasteiger partial charge is 0.187 e. The van der Waals surface area contributed by atoms with E-state index in [4.69, 9.17) is 47.4 Å². The number of hydrogen-bond acceptors (Lipinski definition) is 11. The summed E-state index contributed by atoms with van der Waals surface area (Å²) in [4.78, 5) is 0. The topological polar surface area (TPSA) is 113 Å². The highest BCUT2D eigenvalue weighted by Gasteiger charge is 2.55. The highest BCUT2D eigenvalue weighted by Crippen LogP contribution is 2.39. The van der Waals surface area contributed by atoms with Crippen LogP contribution in [0, 0.1) is 0 Å². The highest BCUT2D eigenvalue weighted by molar-refractivity contribution is 5.19. The second-order valence-electron chi connectivity index (χ2n) is 16.4. The lowest BCUT2D eigenvalue weighted by Crippen LogP contribution is -2.67. The summed E-state index contributed by atoms with van der Waals surface area (Å²) in [7, 11) is 0. The second kappa shape index (κ2) is 22.9. The normalized spacial score (nSPS) is 27.7. The molecule has 3 aliphatic heterocycles. The van der Waals surface area contributed by atoms with Crippen molar-refractivity contribution in [2.24, 2.45) is 0 Å². The van der Waals surface area contributed by atoms with E-state index in [9.17, 15) is 5.11 Å². The molecule has 0 radical (unpaired) electrons. The fourth-order valence-corrected chi connectivity index (χ4v) is 8.45. The summed E-state index contributed by atoms with van der Waals surface area (Å²) in [6.07, 6.45) is -9.67. The number of hydrogen-bond donors (Lipinski definition) is 1. The van der Waals surface area contributed by atoms with Crippen LogP contribution in [0.5, 0.6) is 0 Å². The molecule has 3 aliphatic rings. The lowest BCUT2D eigenvalue weighted by Gasteiger charge is -2.51. The first-order chi connectivity index (χ1) is 32.1. The Morgan fingerprint density at radius 1 is 0.431 bits per heavy atom. The molecule has 0 aliphatic carbocycles. The molecule has 6 aromatic rings. The predicted octanol–water partition coefficient (Wildman–Crippen LogP) is 8.49. The average Bonchev–Trinajstić information content (AvgIpc) is 3.36. The Labute approximate surface area is 380 Å². The van der Waals surface area contributed by atoms with Crippen LogP contribution in [0.1, 0.15) is 39.7 Å². The van der Waals surface area contributed by atoms with Gasteiger partial charge in [0.2, 0.25) is 0 Å². The lowest BCUT2D eigenvalue weighted by atomic mass is 9.95.